The fourth-order valence-electron chi connectivity index (χ4n) is 2.13. The lowest BCUT2D eigenvalue weighted by Crippen LogP contribution is -2.15. The maximum atomic E-state index is 13.1. The average molecular weight is 323 g/mol. The van der Waals surface area contributed by atoms with Crippen LogP contribution >= 0.6 is 0 Å². The number of primary sulfonamides is 1. The number of carboxylic acids is 1. The second kappa shape index (κ2) is 5.86. The van der Waals surface area contributed by atoms with Crippen molar-refractivity contribution >= 4 is 16.0 Å². The van der Waals surface area contributed by atoms with E-state index in [1.807, 2.05) is 6.92 Å². The molecule has 0 fully saturated rings. The van der Waals surface area contributed by atoms with Crippen LogP contribution in [0.15, 0.2) is 41.3 Å². The smallest absolute Gasteiger partial charge is 0.336 e. The van der Waals surface area contributed by atoms with E-state index in [-0.39, 0.29) is 16.0 Å². The molecule has 0 aliphatic rings. The van der Waals surface area contributed by atoms with Crippen molar-refractivity contribution in [3.63, 3.8) is 0 Å². The van der Waals surface area contributed by atoms with E-state index in [2.05, 4.69) is 0 Å². The zero-order valence-electron chi connectivity index (χ0n) is 11.7. The van der Waals surface area contributed by atoms with Gasteiger partial charge in [-0.2, -0.15) is 0 Å². The molecule has 0 radical (unpaired) electrons. The van der Waals surface area contributed by atoms with E-state index in [9.17, 15) is 17.6 Å². The predicted molar refractivity (Wildman–Crippen MR) is 79.8 cm³/mol. The molecule has 3 N–H and O–H groups in total. The van der Waals surface area contributed by atoms with Gasteiger partial charge in [-0.1, -0.05) is 29.8 Å². The summed E-state index contributed by atoms with van der Waals surface area (Å²) >= 11 is 0. The Morgan fingerprint density at radius 3 is 2.27 bits per heavy atom. The van der Waals surface area contributed by atoms with Crippen molar-refractivity contribution < 1.29 is 22.7 Å². The van der Waals surface area contributed by atoms with Crippen molar-refractivity contribution in [1.82, 2.24) is 0 Å². The Kier molecular flexibility index (Phi) is 4.30. The Morgan fingerprint density at radius 1 is 1.23 bits per heavy atom. The topological polar surface area (TPSA) is 97.5 Å². The van der Waals surface area contributed by atoms with Gasteiger partial charge < -0.3 is 5.11 Å². The first-order valence-electron chi connectivity index (χ1n) is 6.30. The Balaban J connectivity index is 2.81. The number of alkyl halides is 1. The van der Waals surface area contributed by atoms with E-state index in [4.69, 9.17) is 10.2 Å². The number of nitrogens with two attached hydrogens (primary N) is 1. The van der Waals surface area contributed by atoms with E-state index in [0.29, 0.717) is 5.56 Å². The third-order valence-corrected chi connectivity index (χ3v) is 4.20. The van der Waals surface area contributed by atoms with Crippen molar-refractivity contribution in [3.8, 4) is 11.1 Å². The molecule has 0 bridgehead atoms. The maximum absolute atomic E-state index is 13.1. The molecule has 0 aliphatic carbocycles. The molecule has 0 saturated carbocycles. The van der Waals surface area contributed by atoms with Crippen molar-refractivity contribution in [2.45, 2.75) is 18.5 Å². The van der Waals surface area contributed by atoms with Gasteiger partial charge in [0.1, 0.15) is 6.67 Å². The first-order chi connectivity index (χ1) is 10.2. The molecule has 5 nitrogen and oxygen atoms in total. The number of aryl methyl sites for hydroxylation is 1. The SMILES string of the molecule is Cc1ccc(-c2cc(CF)c(C(=O)O)cc2S(N)(=O)=O)cc1. The molecule has 0 amide bonds. The van der Waals surface area contributed by atoms with Gasteiger partial charge in [0.05, 0.1) is 10.5 Å². The summed E-state index contributed by atoms with van der Waals surface area (Å²) in [6.07, 6.45) is 0. The first-order valence-corrected chi connectivity index (χ1v) is 7.84. The van der Waals surface area contributed by atoms with Crippen LogP contribution in [0.1, 0.15) is 21.5 Å². The summed E-state index contributed by atoms with van der Waals surface area (Å²) in [5.74, 6) is -1.41. The Labute approximate surface area is 127 Å². The molecule has 7 heteroatoms. The second-order valence-electron chi connectivity index (χ2n) is 4.86. The molecule has 0 aromatic heterocycles. The summed E-state index contributed by atoms with van der Waals surface area (Å²) in [7, 11) is -4.16. The van der Waals surface area contributed by atoms with E-state index < -0.39 is 28.2 Å². The number of sulfonamides is 1. The normalized spacial score (nSPS) is 11.4. The van der Waals surface area contributed by atoms with Crippen LogP contribution in [0, 0.1) is 6.92 Å². The van der Waals surface area contributed by atoms with Crippen LogP contribution in [-0.2, 0) is 16.7 Å². The van der Waals surface area contributed by atoms with Crippen LogP contribution in [0.3, 0.4) is 0 Å². The molecule has 2 aromatic rings. The van der Waals surface area contributed by atoms with E-state index in [1.54, 1.807) is 24.3 Å². The van der Waals surface area contributed by atoms with Gasteiger partial charge >= 0.3 is 5.97 Å². The van der Waals surface area contributed by atoms with Crippen LogP contribution in [0.4, 0.5) is 4.39 Å². The minimum absolute atomic E-state index is 0.101. The minimum Gasteiger partial charge on any atom is -0.478 e. The molecule has 0 saturated heterocycles. The molecular weight excluding hydrogens is 309 g/mol. The Hall–Kier alpha value is -2.25. The number of carbonyl (C=O) groups is 1. The van der Waals surface area contributed by atoms with Gasteiger partial charge in [0.15, 0.2) is 0 Å². The zero-order chi connectivity index (χ0) is 16.5. The van der Waals surface area contributed by atoms with E-state index in [0.717, 1.165) is 11.6 Å². The third kappa shape index (κ3) is 3.15. The van der Waals surface area contributed by atoms with Crippen LogP contribution in [0.25, 0.3) is 11.1 Å². The second-order valence-corrected chi connectivity index (χ2v) is 6.39. The highest BCUT2D eigenvalue weighted by molar-refractivity contribution is 7.89. The predicted octanol–water partition coefficient (Wildman–Crippen LogP) is 2.48. The number of rotatable bonds is 4. The number of hydrogen-bond donors (Lipinski definition) is 2. The molecular formula is C15H14FNO4S. The van der Waals surface area contributed by atoms with Gasteiger partial charge in [-0.15, -0.1) is 0 Å². The highest BCUT2D eigenvalue weighted by atomic mass is 32.2. The largest absolute Gasteiger partial charge is 0.478 e. The number of benzene rings is 2. The van der Waals surface area contributed by atoms with E-state index >= 15 is 0 Å². The molecule has 0 spiro atoms. The minimum atomic E-state index is -4.16. The van der Waals surface area contributed by atoms with Crippen LogP contribution in [0.5, 0.6) is 0 Å². The average Bonchev–Trinajstić information content (AvgIpc) is 2.45. The summed E-state index contributed by atoms with van der Waals surface area (Å²) in [6, 6.07) is 8.99. The molecule has 22 heavy (non-hydrogen) atoms. The summed E-state index contributed by atoms with van der Waals surface area (Å²) in [5, 5.41) is 14.3. The number of halogens is 1. The van der Waals surface area contributed by atoms with Gasteiger partial charge in [-0.3, -0.25) is 0 Å². The lowest BCUT2D eigenvalue weighted by Gasteiger charge is -2.12. The van der Waals surface area contributed by atoms with Crippen molar-refractivity contribution in [3.05, 3.63) is 53.1 Å². The summed E-state index contributed by atoms with van der Waals surface area (Å²) in [5.41, 5.74) is 1.15. The molecule has 2 rings (SSSR count). The van der Waals surface area contributed by atoms with Gasteiger partial charge in [-0.05, 0) is 30.2 Å². The van der Waals surface area contributed by atoms with Gasteiger partial charge in [0, 0.05) is 5.56 Å². The summed E-state index contributed by atoms with van der Waals surface area (Å²) in [6.45, 7) is 0.844. The number of carboxylic acid groups (broad SMARTS) is 1. The molecule has 0 heterocycles. The number of hydrogen-bond acceptors (Lipinski definition) is 3. The van der Waals surface area contributed by atoms with Crippen molar-refractivity contribution in [1.29, 1.82) is 0 Å². The summed E-state index contributed by atoms with van der Waals surface area (Å²) < 4.78 is 36.6. The Bertz CT molecular complexity index is 829. The third-order valence-electron chi connectivity index (χ3n) is 3.25. The number of aromatic carboxylic acids is 1. The summed E-state index contributed by atoms with van der Waals surface area (Å²) in [4.78, 5) is 10.8. The molecule has 0 atom stereocenters. The fourth-order valence-corrected chi connectivity index (χ4v) is 2.89. The quantitative estimate of drug-likeness (QED) is 0.903. The molecule has 2 aromatic carbocycles. The molecule has 0 aliphatic heterocycles. The van der Waals surface area contributed by atoms with Gasteiger partial charge in [-0.25, -0.2) is 22.7 Å². The van der Waals surface area contributed by atoms with Crippen molar-refractivity contribution in [2.24, 2.45) is 5.14 Å². The Morgan fingerprint density at radius 2 is 1.82 bits per heavy atom. The lowest BCUT2D eigenvalue weighted by molar-refractivity contribution is 0.0694. The zero-order valence-corrected chi connectivity index (χ0v) is 12.5. The highest BCUT2D eigenvalue weighted by Crippen LogP contribution is 2.30. The van der Waals surface area contributed by atoms with Crippen molar-refractivity contribution in [2.75, 3.05) is 0 Å². The van der Waals surface area contributed by atoms with Gasteiger partial charge in [0.25, 0.3) is 0 Å². The first kappa shape index (κ1) is 16.1. The van der Waals surface area contributed by atoms with Gasteiger partial charge in [0.2, 0.25) is 10.0 Å². The molecule has 0 unspecified atom stereocenters. The molecule has 116 valence electrons. The van der Waals surface area contributed by atoms with Crippen LogP contribution in [0.2, 0.25) is 0 Å². The monoisotopic (exact) mass is 323 g/mol. The highest BCUT2D eigenvalue weighted by Gasteiger charge is 2.21. The lowest BCUT2D eigenvalue weighted by atomic mass is 9.98. The van der Waals surface area contributed by atoms with E-state index in [1.165, 1.54) is 6.07 Å². The standard InChI is InChI=1S/C15H14FNO4S/c1-9-2-4-10(5-3-9)12-6-11(8-16)13(15(18)19)7-14(12)22(17,20)21/h2-7H,8H2,1H3,(H,18,19)(H2,17,20,21). The van der Waals surface area contributed by atoms with Crippen LogP contribution in [-0.4, -0.2) is 19.5 Å². The maximum Gasteiger partial charge on any atom is 0.336 e. The van der Waals surface area contributed by atoms with Crippen LogP contribution < -0.4 is 5.14 Å². The fraction of sp³-hybridized carbons (Fsp3) is 0.133.